The topological polar surface area (TPSA) is 93.4 Å². The van der Waals surface area contributed by atoms with Crippen LogP contribution in [0.4, 0.5) is 5.82 Å². The predicted molar refractivity (Wildman–Crippen MR) is 93.7 cm³/mol. The van der Waals surface area contributed by atoms with Gasteiger partial charge in [-0.1, -0.05) is 0 Å². The Hall–Kier alpha value is -2.87. The van der Waals surface area contributed by atoms with Crippen molar-refractivity contribution in [1.29, 1.82) is 0 Å². The van der Waals surface area contributed by atoms with Crippen LogP contribution in [-0.2, 0) is 26.1 Å². The summed E-state index contributed by atoms with van der Waals surface area (Å²) in [7, 11) is 0. The second-order valence-electron chi connectivity index (χ2n) is 5.88. The van der Waals surface area contributed by atoms with E-state index in [9.17, 15) is 0 Å². The molecule has 4 heterocycles. The second kappa shape index (κ2) is 6.94. The minimum Gasteiger partial charge on any atom is -0.369 e. The van der Waals surface area contributed by atoms with Gasteiger partial charge >= 0.3 is 0 Å². The maximum Gasteiger partial charge on any atom is 0.163 e. The molecule has 1 aliphatic rings. The maximum absolute atomic E-state index is 4.73. The number of aromatic nitrogens is 6. The van der Waals surface area contributed by atoms with Crippen LogP contribution in [0.5, 0.6) is 0 Å². The Labute approximate surface area is 145 Å². The van der Waals surface area contributed by atoms with Crippen molar-refractivity contribution in [3.63, 3.8) is 0 Å². The van der Waals surface area contributed by atoms with Gasteiger partial charge in [-0.05, 0) is 19.1 Å². The van der Waals surface area contributed by atoms with Crippen molar-refractivity contribution < 1.29 is 0 Å². The van der Waals surface area contributed by atoms with Gasteiger partial charge in [0.1, 0.15) is 18.0 Å². The highest BCUT2D eigenvalue weighted by Gasteiger charge is 2.19. The molecule has 0 radical (unpaired) electrons. The second-order valence-corrected chi connectivity index (χ2v) is 5.88. The number of hydrogen-bond acceptors (Lipinski definition) is 7. The molecule has 0 amide bonds. The first-order valence-electron chi connectivity index (χ1n) is 8.46. The van der Waals surface area contributed by atoms with Crippen molar-refractivity contribution in [2.24, 2.45) is 0 Å². The SMILES string of the molecule is CCn1cnnc1CCNc1nc(-c2cccnc2)nc2c1CNC2. The highest BCUT2D eigenvalue weighted by molar-refractivity contribution is 5.59. The molecule has 3 aromatic heterocycles. The summed E-state index contributed by atoms with van der Waals surface area (Å²) < 4.78 is 2.05. The smallest absolute Gasteiger partial charge is 0.163 e. The highest BCUT2D eigenvalue weighted by atomic mass is 15.3. The van der Waals surface area contributed by atoms with Gasteiger partial charge < -0.3 is 15.2 Å². The van der Waals surface area contributed by atoms with Gasteiger partial charge in [0.25, 0.3) is 0 Å². The largest absolute Gasteiger partial charge is 0.369 e. The van der Waals surface area contributed by atoms with Crippen LogP contribution < -0.4 is 10.6 Å². The molecule has 0 saturated carbocycles. The molecular weight excluding hydrogens is 316 g/mol. The van der Waals surface area contributed by atoms with E-state index in [1.807, 2.05) is 12.1 Å². The normalized spacial score (nSPS) is 13.0. The molecule has 0 aromatic carbocycles. The van der Waals surface area contributed by atoms with Crippen molar-refractivity contribution >= 4 is 5.82 Å². The standard InChI is InChI=1S/C17H20N8/c1-2-25-11-21-24-15(25)5-7-20-17-13-9-19-10-14(13)22-16(23-17)12-4-3-6-18-8-12/h3-4,6,8,11,19H,2,5,7,9-10H2,1H3,(H,20,22,23). The fourth-order valence-corrected chi connectivity index (χ4v) is 2.97. The van der Waals surface area contributed by atoms with E-state index in [2.05, 4.69) is 42.3 Å². The number of pyridine rings is 1. The van der Waals surface area contributed by atoms with Crippen LogP contribution in [0, 0.1) is 0 Å². The Morgan fingerprint density at radius 3 is 3.08 bits per heavy atom. The van der Waals surface area contributed by atoms with E-state index < -0.39 is 0 Å². The monoisotopic (exact) mass is 336 g/mol. The van der Waals surface area contributed by atoms with Crippen LogP contribution in [-0.4, -0.2) is 36.3 Å². The molecule has 0 unspecified atom stereocenters. The average Bonchev–Trinajstić information content (AvgIpc) is 3.31. The molecule has 3 aromatic rings. The summed E-state index contributed by atoms with van der Waals surface area (Å²) in [5.41, 5.74) is 3.11. The fraction of sp³-hybridized carbons (Fsp3) is 0.353. The third-order valence-corrected chi connectivity index (χ3v) is 4.28. The Morgan fingerprint density at radius 1 is 1.28 bits per heavy atom. The van der Waals surface area contributed by atoms with Crippen LogP contribution in [0.3, 0.4) is 0 Å². The van der Waals surface area contributed by atoms with E-state index in [1.165, 1.54) is 0 Å². The lowest BCUT2D eigenvalue weighted by molar-refractivity contribution is 0.697. The first-order chi connectivity index (χ1) is 12.3. The molecule has 128 valence electrons. The summed E-state index contributed by atoms with van der Waals surface area (Å²) in [6.07, 6.45) is 6.10. The lowest BCUT2D eigenvalue weighted by Crippen LogP contribution is -2.13. The molecule has 1 aliphatic heterocycles. The molecular formula is C17H20N8. The Morgan fingerprint density at radius 2 is 2.24 bits per heavy atom. The summed E-state index contributed by atoms with van der Waals surface area (Å²) in [4.78, 5) is 13.6. The maximum atomic E-state index is 4.73. The molecule has 0 bridgehead atoms. The van der Waals surface area contributed by atoms with Crippen molar-refractivity contribution in [3.8, 4) is 11.4 Å². The summed E-state index contributed by atoms with van der Waals surface area (Å²) in [5.74, 6) is 2.57. The van der Waals surface area contributed by atoms with Crippen molar-refractivity contribution in [3.05, 3.63) is 47.9 Å². The van der Waals surface area contributed by atoms with Crippen LogP contribution >= 0.6 is 0 Å². The van der Waals surface area contributed by atoms with E-state index in [1.54, 1.807) is 18.7 Å². The van der Waals surface area contributed by atoms with E-state index in [0.29, 0.717) is 5.82 Å². The molecule has 0 saturated heterocycles. The van der Waals surface area contributed by atoms with Crippen LogP contribution in [0.1, 0.15) is 24.0 Å². The van der Waals surface area contributed by atoms with Crippen molar-refractivity contribution in [2.45, 2.75) is 33.0 Å². The van der Waals surface area contributed by atoms with Gasteiger partial charge in [0.2, 0.25) is 0 Å². The molecule has 25 heavy (non-hydrogen) atoms. The van der Waals surface area contributed by atoms with Gasteiger partial charge in [-0.2, -0.15) is 0 Å². The summed E-state index contributed by atoms with van der Waals surface area (Å²) in [6, 6.07) is 3.87. The van der Waals surface area contributed by atoms with Gasteiger partial charge in [0, 0.05) is 56.1 Å². The van der Waals surface area contributed by atoms with Crippen molar-refractivity contribution in [1.82, 2.24) is 35.0 Å². The van der Waals surface area contributed by atoms with E-state index in [0.717, 1.165) is 61.1 Å². The van der Waals surface area contributed by atoms with Gasteiger partial charge in [-0.25, -0.2) is 9.97 Å². The third-order valence-electron chi connectivity index (χ3n) is 4.28. The predicted octanol–water partition coefficient (Wildman–Crippen LogP) is 1.41. The Bertz CT molecular complexity index is 858. The lowest BCUT2D eigenvalue weighted by atomic mass is 10.2. The number of rotatable bonds is 6. The van der Waals surface area contributed by atoms with Gasteiger partial charge in [-0.15, -0.1) is 10.2 Å². The fourth-order valence-electron chi connectivity index (χ4n) is 2.97. The number of nitrogens with zero attached hydrogens (tertiary/aromatic N) is 6. The molecule has 0 aliphatic carbocycles. The zero-order valence-corrected chi connectivity index (χ0v) is 14.1. The van der Waals surface area contributed by atoms with E-state index in [-0.39, 0.29) is 0 Å². The van der Waals surface area contributed by atoms with Crippen molar-refractivity contribution in [2.75, 3.05) is 11.9 Å². The zero-order chi connectivity index (χ0) is 17.1. The first kappa shape index (κ1) is 15.6. The molecule has 4 rings (SSSR count). The Balaban J connectivity index is 1.55. The van der Waals surface area contributed by atoms with Crippen LogP contribution in [0.2, 0.25) is 0 Å². The average molecular weight is 336 g/mol. The Kier molecular flexibility index (Phi) is 4.34. The highest BCUT2D eigenvalue weighted by Crippen LogP contribution is 2.25. The van der Waals surface area contributed by atoms with E-state index in [4.69, 9.17) is 4.98 Å². The number of nitrogens with one attached hydrogen (secondary N) is 2. The van der Waals surface area contributed by atoms with E-state index >= 15 is 0 Å². The molecule has 2 N–H and O–H groups in total. The molecule has 0 atom stereocenters. The first-order valence-corrected chi connectivity index (χ1v) is 8.46. The molecule has 0 spiro atoms. The number of aryl methyl sites for hydroxylation is 1. The lowest BCUT2D eigenvalue weighted by Gasteiger charge is -2.12. The van der Waals surface area contributed by atoms with Gasteiger partial charge in [0.15, 0.2) is 5.82 Å². The number of hydrogen-bond donors (Lipinski definition) is 2. The van der Waals surface area contributed by atoms with Crippen LogP contribution in [0.25, 0.3) is 11.4 Å². The summed E-state index contributed by atoms with van der Waals surface area (Å²) >= 11 is 0. The van der Waals surface area contributed by atoms with Gasteiger partial charge in [-0.3, -0.25) is 4.98 Å². The molecule has 0 fully saturated rings. The van der Waals surface area contributed by atoms with Crippen LogP contribution in [0.15, 0.2) is 30.9 Å². The molecule has 8 nitrogen and oxygen atoms in total. The summed E-state index contributed by atoms with van der Waals surface area (Å²) in [5, 5.41) is 14.9. The zero-order valence-electron chi connectivity index (χ0n) is 14.1. The number of anilines is 1. The minimum absolute atomic E-state index is 0.703. The minimum atomic E-state index is 0.703. The third kappa shape index (κ3) is 3.20. The van der Waals surface area contributed by atoms with Gasteiger partial charge in [0.05, 0.1) is 5.69 Å². The number of fused-ring (bicyclic) bond motifs is 1. The molecule has 8 heteroatoms. The summed E-state index contributed by atoms with van der Waals surface area (Å²) in [6.45, 7) is 5.26. The quantitative estimate of drug-likeness (QED) is 0.703.